The van der Waals surface area contributed by atoms with Gasteiger partial charge in [-0.05, 0) is 17.7 Å². The number of nitrogens with one attached hydrogen (secondary N) is 1. The zero-order chi connectivity index (χ0) is 11.5. The van der Waals surface area contributed by atoms with E-state index in [2.05, 4.69) is 15.1 Å². The summed E-state index contributed by atoms with van der Waals surface area (Å²) in [7, 11) is 0. The normalized spacial score (nSPS) is 10.6. The Morgan fingerprint density at radius 1 is 1.06 bits per heavy atom. The second-order valence-electron chi connectivity index (χ2n) is 3.76. The van der Waals surface area contributed by atoms with Crippen molar-refractivity contribution < 1.29 is 4.52 Å². The maximum absolute atomic E-state index is 5.19. The van der Waals surface area contributed by atoms with Crippen molar-refractivity contribution >= 4 is 0 Å². The van der Waals surface area contributed by atoms with Crippen LogP contribution in [0, 0.1) is 0 Å². The van der Waals surface area contributed by atoms with Gasteiger partial charge in [0, 0.05) is 12.6 Å². The van der Waals surface area contributed by atoms with Gasteiger partial charge in [-0.1, -0.05) is 35.5 Å². The van der Waals surface area contributed by atoms with Crippen molar-refractivity contribution in [2.45, 2.75) is 6.42 Å². The predicted octanol–water partition coefficient (Wildman–Crippen LogP) is 2.66. The molecule has 0 atom stereocenters. The average Bonchev–Trinajstić information content (AvgIpc) is 3.00. The lowest BCUT2D eigenvalue weighted by atomic mass is 10.1. The van der Waals surface area contributed by atoms with E-state index >= 15 is 0 Å². The molecule has 4 heteroatoms. The Balaban J connectivity index is 1.82. The Hall–Kier alpha value is -2.36. The molecule has 0 aliphatic carbocycles. The van der Waals surface area contributed by atoms with Gasteiger partial charge in [0.1, 0.15) is 5.69 Å². The Bertz CT molecular complexity index is 584. The van der Waals surface area contributed by atoms with Crippen LogP contribution in [0.4, 0.5) is 0 Å². The molecule has 1 N–H and O–H groups in total. The molecule has 4 nitrogen and oxygen atoms in total. The molecule has 0 aliphatic rings. The fourth-order valence-electron chi connectivity index (χ4n) is 1.68. The molecule has 0 saturated carbocycles. The highest BCUT2D eigenvalue weighted by Crippen LogP contribution is 2.15. The summed E-state index contributed by atoms with van der Waals surface area (Å²) < 4.78 is 5.19. The lowest BCUT2D eigenvalue weighted by Crippen LogP contribution is -1.90. The van der Waals surface area contributed by atoms with Crippen molar-refractivity contribution in [3.63, 3.8) is 0 Å². The van der Waals surface area contributed by atoms with E-state index in [9.17, 15) is 0 Å². The number of hydrogen-bond donors (Lipinski definition) is 1. The van der Waals surface area contributed by atoms with Gasteiger partial charge in [-0.15, -0.1) is 0 Å². The Kier molecular flexibility index (Phi) is 2.46. The van der Waals surface area contributed by atoms with Crippen molar-refractivity contribution in [2.24, 2.45) is 0 Å². The molecule has 0 saturated heterocycles. The molecule has 0 aliphatic heterocycles. The number of aromatic amines is 1. The average molecular weight is 225 g/mol. The van der Waals surface area contributed by atoms with Crippen molar-refractivity contribution in [2.75, 3.05) is 0 Å². The molecular formula is C13H11N3O. The number of hydrogen-bond acceptors (Lipinski definition) is 3. The Morgan fingerprint density at radius 3 is 2.71 bits per heavy atom. The number of aromatic nitrogens is 3. The van der Waals surface area contributed by atoms with E-state index in [4.69, 9.17) is 4.52 Å². The van der Waals surface area contributed by atoms with Crippen LogP contribution in [0.15, 0.2) is 53.2 Å². The maximum atomic E-state index is 5.19. The third-order valence-corrected chi connectivity index (χ3v) is 2.50. The maximum Gasteiger partial charge on any atom is 0.274 e. The van der Waals surface area contributed by atoms with Gasteiger partial charge >= 0.3 is 0 Å². The van der Waals surface area contributed by atoms with Crippen molar-refractivity contribution in [1.29, 1.82) is 0 Å². The summed E-state index contributed by atoms with van der Waals surface area (Å²) in [6.45, 7) is 0. The van der Waals surface area contributed by atoms with Crippen LogP contribution in [0.5, 0.6) is 0 Å². The fourth-order valence-corrected chi connectivity index (χ4v) is 1.68. The molecule has 0 radical (unpaired) electrons. The lowest BCUT2D eigenvalue weighted by molar-refractivity contribution is 0.423. The van der Waals surface area contributed by atoms with E-state index in [1.807, 2.05) is 48.7 Å². The molecule has 0 spiro atoms. The van der Waals surface area contributed by atoms with E-state index < -0.39 is 0 Å². The van der Waals surface area contributed by atoms with Crippen LogP contribution in [0.2, 0.25) is 0 Å². The predicted molar refractivity (Wildman–Crippen MR) is 63.3 cm³/mol. The first-order chi connectivity index (χ1) is 8.42. The molecule has 0 amide bonds. The van der Waals surface area contributed by atoms with Gasteiger partial charge in [0.05, 0.1) is 0 Å². The first-order valence-electron chi connectivity index (χ1n) is 5.42. The van der Waals surface area contributed by atoms with Crippen LogP contribution in [0.3, 0.4) is 0 Å². The summed E-state index contributed by atoms with van der Waals surface area (Å²) in [4.78, 5) is 7.37. The molecule has 84 valence electrons. The van der Waals surface area contributed by atoms with E-state index in [0.717, 1.165) is 5.69 Å². The van der Waals surface area contributed by atoms with Crippen LogP contribution in [-0.4, -0.2) is 15.1 Å². The smallest absolute Gasteiger partial charge is 0.274 e. The minimum absolute atomic E-state index is 0.529. The van der Waals surface area contributed by atoms with Crippen LogP contribution in [-0.2, 0) is 6.42 Å². The first kappa shape index (κ1) is 9.84. The molecule has 0 unspecified atom stereocenters. The topological polar surface area (TPSA) is 54.7 Å². The first-order valence-corrected chi connectivity index (χ1v) is 5.42. The second-order valence-corrected chi connectivity index (χ2v) is 3.76. The summed E-state index contributed by atoms with van der Waals surface area (Å²) in [5, 5.41) is 3.96. The quantitative estimate of drug-likeness (QED) is 0.745. The van der Waals surface area contributed by atoms with Crippen molar-refractivity contribution in [3.8, 4) is 11.6 Å². The van der Waals surface area contributed by atoms with Gasteiger partial charge in [-0.3, -0.25) is 0 Å². The summed E-state index contributed by atoms with van der Waals surface area (Å²) in [6, 6.07) is 13.9. The van der Waals surface area contributed by atoms with E-state index in [1.54, 1.807) is 0 Å². The van der Waals surface area contributed by atoms with Crippen LogP contribution in [0.25, 0.3) is 11.6 Å². The van der Waals surface area contributed by atoms with Crippen LogP contribution in [0.1, 0.15) is 11.4 Å². The SMILES string of the molecule is c1ccc(Cc2noc(-c3ccc[nH]3)n2)cc1. The standard InChI is InChI=1S/C13H11N3O/c1-2-5-10(6-3-1)9-12-15-13(17-16-12)11-7-4-8-14-11/h1-8,14H,9H2. The molecule has 3 rings (SSSR count). The zero-order valence-corrected chi connectivity index (χ0v) is 9.13. The third-order valence-electron chi connectivity index (χ3n) is 2.50. The number of H-pyrrole nitrogens is 1. The highest BCUT2D eigenvalue weighted by molar-refractivity contribution is 5.46. The highest BCUT2D eigenvalue weighted by Gasteiger charge is 2.09. The summed E-state index contributed by atoms with van der Waals surface area (Å²) in [5.74, 6) is 1.22. The van der Waals surface area contributed by atoms with Gasteiger partial charge in [0.2, 0.25) is 0 Å². The van der Waals surface area contributed by atoms with Crippen molar-refractivity contribution in [3.05, 3.63) is 60.0 Å². The molecule has 0 bridgehead atoms. The summed E-state index contributed by atoms with van der Waals surface area (Å²) in [6.07, 6.45) is 2.52. The van der Waals surface area contributed by atoms with E-state index in [-0.39, 0.29) is 0 Å². The third kappa shape index (κ3) is 2.10. The van der Waals surface area contributed by atoms with Crippen LogP contribution < -0.4 is 0 Å². The monoisotopic (exact) mass is 225 g/mol. The minimum atomic E-state index is 0.529. The number of nitrogens with zero attached hydrogens (tertiary/aromatic N) is 2. The van der Waals surface area contributed by atoms with E-state index in [1.165, 1.54) is 5.56 Å². The van der Waals surface area contributed by atoms with Gasteiger partial charge in [-0.25, -0.2) is 0 Å². The van der Waals surface area contributed by atoms with Gasteiger partial charge < -0.3 is 9.51 Å². The molecule has 0 fully saturated rings. The van der Waals surface area contributed by atoms with Crippen LogP contribution >= 0.6 is 0 Å². The number of benzene rings is 1. The van der Waals surface area contributed by atoms with Gasteiger partial charge in [-0.2, -0.15) is 4.98 Å². The van der Waals surface area contributed by atoms with Crippen molar-refractivity contribution in [1.82, 2.24) is 15.1 Å². The zero-order valence-electron chi connectivity index (χ0n) is 9.13. The Labute approximate surface area is 98.3 Å². The fraction of sp³-hybridized carbons (Fsp3) is 0.0769. The Morgan fingerprint density at radius 2 is 1.94 bits per heavy atom. The lowest BCUT2D eigenvalue weighted by Gasteiger charge is -1.93. The number of rotatable bonds is 3. The minimum Gasteiger partial charge on any atom is -0.357 e. The molecule has 2 heterocycles. The molecule has 17 heavy (non-hydrogen) atoms. The second kappa shape index (κ2) is 4.25. The molecule has 1 aromatic carbocycles. The molecular weight excluding hydrogens is 214 g/mol. The summed E-state index contributed by atoms with van der Waals surface area (Å²) in [5.41, 5.74) is 2.02. The highest BCUT2D eigenvalue weighted by atomic mass is 16.5. The summed E-state index contributed by atoms with van der Waals surface area (Å²) >= 11 is 0. The largest absolute Gasteiger partial charge is 0.357 e. The van der Waals surface area contributed by atoms with Gasteiger partial charge in [0.25, 0.3) is 5.89 Å². The molecule has 3 aromatic rings. The van der Waals surface area contributed by atoms with Gasteiger partial charge in [0.15, 0.2) is 5.82 Å². The molecule has 2 aromatic heterocycles. The van der Waals surface area contributed by atoms with E-state index in [0.29, 0.717) is 18.1 Å².